The largest absolute Gasteiger partial charge is 0.363 e. The zero-order valence-electron chi connectivity index (χ0n) is 12.2. The van der Waals surface area contributed by atoms with Crippen LogP contribution < -0.4 is 16.0 Å². The molecule has 0 aliphatic carbocycles. The van der Waals surface area contributed by atoms with Gasteiger partial charge < -0.3 is 16.0 Å². The average molecular weight is 315 g/mol. The van der Waals surface area contributed by atoms with E-state index < -0.39 is 0 Å². The molecule has 0 spiro atoms. The van der Waals surface area contributed by atoms with E-state index in [1.54, 1.807) is 12.4 Å². The van der Waals surface area contributed by atoms with Gasteiger partial charge in [-0.1, -0.05) is 5.92 Å². The summed E-state index contributed by atoms with van der Waals surface area (Å²) in [5, 5.41) is 9.62. The zero-order chi connectivity index (χ0) is 15.8. The minimum atomic E-state index is 0.510. The van der Waals surface area contributed by atoms with E-state index in [4.69, 9.17) is 18.6 Å². The molecule has 0 saturated carbocycles. The van der Waals surface area contributed by atoms with Gasteiger partial charge in [0.15, 0.2) is 5.11 Å². The van der Waals surface area contributed by atoms with Crippen molar-refractivity contribution < 1.29 is 0 Å². The third kappa shape index (κ3) is 4.51. The number of anilines is 1. The zero-order valence-corrected chi connectivity index (χ0v) is 13.0. The third-order valence-electron chi connectivity index (χ3n) is 2.67. The van der Waals surface area contributed by atoms with E-state index in [-0.39, 0.29) is 0 Å². The van der Waals surface area contributed by atoms with Gasteiger partial charge in [0.05, 0.1) is 12.2 Å². The molecule has 8 heteroatoms. The third-order valence-corrected chi connectivity index (χ3v) is 2.91. The molecule has 2 aromatic heterocycles. The van der Waals surface area contributed by atoms with Gasteiger partial charge in [-0.25, -0.2) is 15.0 Å². The summed E-state index contributed by atoms with van der Waals surface area (Å²) < 4.78 is 1.82. The van der Waals surface area contributed by atoms with Gasteiger partial charge in [-0.2, -0.15) is 0 Å². The van der Waals surface area contributed by atoms with Gasteiger partial charge in [0.2, 0.25) is 0 Å². The summed E-state index contributed by atoms with van der Waals surface area (Å²) >= 11 is 5.13. The molecule has 2 rings (SSSR count). The molecule has 0 radical (unpaired) electrons. The number of thiocarbonyl (C=S) groups is 1. The summed E-state index contributed by atoms with van der Waals surface area (Å²) in [7, 11) is 0. The number of nitrogens with one attached hydrogen (secondary N) is 3. The fraction of sp³-hybridized carbons (Fsp3) is 0.286. The molecule has 2 aromatic rings. The van der Waals surface area contributed by atoms with Crippen molar-refractivity contribution in [3.8, 4) is 18.2 Å². The summed E-state index contributed by atoms with van der Waals surface area (Å²) in [6.07, 6.45) is 10.2. The number of nitrogens with zero attached hydrogens (tertiary/aromatic N) is 4. The molecular formula is C14H17N7S. The second kappa shape index (κ2) is 8.07. The molecule has 0 aromatic carbocycles. The van der Waals surface area contributed by atoms with Crippen molar-refractivity contribution >= 4 is 23.1 Å². The Balaban J connectivity index is 2.06. The minimum absolute atomic E-state index is 0.510. The maximum Gasteiger partial charge on any atom is 0.171 e. The van der Waals surface area contributed by atoms with Crippen molar-refractivity contribution in [2.45, 2.75) is 13.5 Å². The Kier molecular flexibility index (Phi) is 5.82. The number of terminal acetylenes is 1. The molecule has 114 valence electrons. The Morgan fingerprint density at radius 1 is 1.41 bits per heavy atom. The van der Waals surface area contributed by atoms with Crippen LogP contribution in [0.3, 0.4) is 0 Å². The SMILES string of the molecule is C#CCNCc1cn(-c2cc(NC(=S)NCC)ncn2)cn1. The van der Waals surface area contributed by atoms with E-state index in [0.29, 0.717) is 29.8 Å². The number of aromatic nitrogens is 4. The number of hydrogen-bond acceptors (Lipinski definition) is 5. The summed E-state index contributed by atoms with van der Waals surface area (Å²) in [5.41, 5.74) is 0.881. The smallest absolute Gasteiger partial charge is 0.171 e. The Bertz CT molecular complexity index is 674. The van der Waals surface area contributed by atoms with Gasteiger partial charge >= 0.3 is 0 Å². The molecule has 0 saturated heterocycles. The number of hydrogen-bond donors (Lipinski definition) is 3. The van der Waals surface area contributed by atoms with Gasteiger partial charge in [-0.05, 0) is 19.1 Å². The van der Waals surface area contributed by atoms with E-state index >= 15 is 0 Å². The molecule has 0 bridgehead atoms. The van der Waals surface area contributed by atoms with Gasteiger partial charge in [-0.3, -0.25) is 4.57 Å². The van der Waals surface area contributed by atoms with Crippen LogP contribution in [0, 0.1) is 12.3 Å². The van der Waals surface area contributed by atoms with Crippen LogP contribution in [0.4, 0.5) is 5.82 Å². The Hall–Kier alpha value is -2.50. The normalized spacial score (nSPS) is 10.0. The van der Waals surface area contributed by atoms with Gasteiger partial charge in [0.1, 0.15) is 24.3 Å². The van der Waals surface area contributed by atoms with Crippen molar-refractivity contribution in [3.63, 3.8) is 0 Å². The standard InChI is InChI=1S/C14H17N7S/c1-3-5-15-7-11-8-21(10-19-11)13-6-12(17-9-18-13)20-14(22)16-4-2/h1,6,8-10,15H,4-5,7H2,2H3,(H2,16,17,18,20,22). The Labute approximate surface area is 134 Å². The van der Waals surface area contributed by atoms with E-state index in [1.165, 1.54) is 6.33 Å². The molecule has 0 atom stereocenters. The number of imidazole rings is 1. The molecule has 0 unspecified atom stereocenters. The molecule has 2 heterocycles. The van der Waals surface area contributed by atoms with E-state index in [9.17, 15) is 0 Å². The fourth-order valence-corrected chi connectivity index (χ4v) is 1.97. The van der Waals surface area contributed by atoms with Crippen LogP contribution in [0.15, 0.2) is 24.9 Å². The van der Waals surface area contributed by atoms with E-state index in [0.717, 1.165) is 12.2 Å². The second-order valence-electron chi connectivity index (χ2n) is 4.33. The second-order valence-corrected chi connectivity index (χ2v) is 4.73. The van der Waals surface area contributed by atoms with Crippen molar-refractivity contribution in [2.24, 2.45) is 0 Å². The first-order valence-electron chi connectivity index (χ1n) is 6.77. The quantitative estimate of drug-likeness (QED) is 0.411. The highest BCUT2D eigenvalue weighted by Gasteiger charge is 2.04. The van der Waals surface area contributed by atoms with Gasteiger partial charge in [0.25, 0.3) is 0 Å². The maximum absolute atomic E-state index is 5.19. The first-order chi connectivity index (χ1) is 10.7. The van der Waals surface area contributed by atoms with Crippen LogP contribution in [0.1, 0.15) is 12.6 Å². The van der Waals surface area contributed by atoms with Crippen LogP contribution in [-0.4, -0.2) is 37.7 Å². The Morgan fingerprint density at radius 3 is 3.05 bits per heavy atom. The van der Waals surface area contributed by atoms with Crippen LogP contribution >= 0.6 is 12.2 Å². The maximum atomic E-state index is 5.19. The lowest BCUT2D eigenvalue weighted by Crippen LogP contribution is -2.28. The van der Waals surface area contributed by atoms with Crippen molar-refractivity contribution in [1.29, 1.82) is 0 Å². The molecule has 0 amide bonds. The lowest BCUT2D eigenvalue weighted by Gasteiger charge is -2.08. The van der Waals surface area contributed by atoms with Crippen LogP contribution in [0.2, 0.25) is 0 Å². The monoisotopic (exact) mass is 315 g/mol. The van der Waals surface area contributed by atoms with Crippen LogP contribution in [0.25, 0.3) is 5.82 Å². The molecule has 0 fully saturated rings. The Morgan fingerprint density at radius 2 is 2.27 bits per heavy atom. The lowest BCUT2D eigenvalue weighted by atomic mass is 10.4. The summed E-state index contributed by atoms with van der Waals surface area (Å²) in [5.74, 6) is 3.84. The number of rotatable bonds is 6. The average Bonchev–Trinajstić information content (AvgIpc) is 2.97. The highest BCUT2D eigenvalue weighted by Crippen LogP contribution is 2.09. The van der Waals surface area contributed by atoms with Gasteiger partial charge in [-0.15, -0.1) is 6.42 Å². The molecule has 0 aliphatic heterocycles. The molecule has 0 aliphatic rings. The predicted molar refractivity (Wildman–Crippen MR) is 89.6 cm³/mol. The van der Waals surface area contributed by atoms with E-state index in [2.05, 4.69) is 36.8 Å². The molecule has 22 heavy (non-hydrogen) atoms. The van der Waals surface area contributed by atoms with Crippen LogP contribution in [-0.2, 0) is 6.54 Å². The molecule has 3 N–H and O–H groups in total. The molecular weight excluding hydrogens is 298 g/mol. The summed E-state index contributed by atoms with van der Waals surface area (Å²) in [6, 6.07) is 1.80. The minimum Gasteiger partial charge on any atom is -0.363 e. The first-order valence-corrected chi connectivity index (χ1v) is 7.18. The van der Waals surface area contributed by atoms with E-state index in [1.807, 2.05) is 17.7 Å². The molecule has 7 nitrogen and oxygen atoms in total. The van der Waals surface area contributed by atoms with Crippen LogP contribution in [0.5, 0.6) is 0 Å². The lowest BCUT2D eigenvalue weighted by molar-refractivity contribution is 0.753. The summed E-state index contributed by atoms with van der Waals surface area (Å²) in [6.45, 7) is 3.84. The topological polar surface area (TPSA) is 79.7 Å². The van der Waals surface area contributed by atoms with Crippen molar-refractivity contribution in [2.75, 3.05) is 18.4 Å². The highest BCUT2D eigenvalue weighted by molar-refractivity contribution is 7.80. The highest BCUT2D eigenvalue weighted by atomic mass is 32.1. The first kappa shape index (κ1) is 15.9. The fourth-order valence-electron chi connectivity index (χ4n) is 1.72. The van der Waals surface area contributed by atoms with Crippen molar-refractivity contribution in [3.05, 3.63) is 30.6 Å². The van der Waals surface area contributed by atoms with Gasteiger partial charge in [0, 0.05) is 25.4 Å². The predicted octanol–water partition coefficient (Wildman–Crippen LogP) is 0.691. The summed E-state index contributed by atoms with van der Waals surface area (Å²) in [4.78, 5) is 12.7. The van der Waals surface area contributed by atoms with Crippen molar-refractivity contribution in [1.82, 2.24) is 30.2 Å².